The summed E-state index contributed by atoms with van der Waals surface area (Å²) in [6.07, 6.45) is 1.26. The Morgan fingerprint density at radius 1 is 0.852 bits per heavy atom. The van der Waals surface area contributed by atoms with Gasteiger partial charge in [-0.1, -0.05) is 0 Å². The highest BCUT2D eigenvalue weighted by atomic mass is 16.6. The van der Waals surface area contributed by atoms with E-state index in [1.165, 1.54) is 33.0 Å². The number of rotatable bonds is 8. The summed E-state index contributed by atoms with van der Waals surface area (Å²) in [6.45, 7) is 4.29. The summed E-state index contributed by atoms with van der Waals surface area (Å²) in [5.41, 5.74) is 1.20. The molecule has 1 aromatic rings. The third kappa shape index (κ3) is 5.60. The molecular formula is C19H27NO7. The van der Waals surface area contributed by atoms with Crippen molar-refractivity contribution < 1.29 is 33.3 Å². The van der Waals surface area contributed by atoms with Crippen LogP contribution in [0.5, 0.6) is 23.0 Å². The van der Waals surface area contributed by atoms with Gasteiger partial charge in [0.25, 0.3) is 0 Å². The Morgan fingerprint density at radius 3 is 1.78 bits per heavy atom. The number of carbonyl (C=O) groups excluding carboxylic acids is 3. The average molecular weight is 381 g/mol. The van der Waals surface area contributed by atoms with Crippen molar-refractivity contribution in [1.29, 1.82) is 0 Å². The van der Waals surface area contributed by atoms with E-state index in [-0.39, 0.29) is 28.9 Å². The molecule has 150 valence electrons. The van der Waals surface area contributed by atoms with Crippen molar-refractivity contribution in [1.82, 2.24) is 4.90 Å². The normalized spacial score (nSPS) is 10.2. The Labute approximate surface area is 159 Å². The number of benzene rings is 1. The molecule has 0 N–H and O–H groups in total. The van der Waals surface area contributed by atoms with Crippen molar-refractivity contribution >= 4 is 17.8 Å². The van der Waals surface area contributed by atoms with Crippen molar-refractivity contribution in [2.45, 2.75) is 40.0 Å². The van der Waals surface area contributed by atoms with Crippen LogP contribution in [0.25, 0.3) is 0 Å². The van der Waals surface area contributed by atoms with Gasteiger partial charge >= 0.3 is 11.9 Å². The number of hydrogen-bond acceptors (Lipinski definition) is 7. The topological polar surface area (TPSA) is 91.4 Å². The zero-order valence-electron chi connectivity index (χ0n) is 16.9. The molecule has 0 aliphatic heterocycles. The maximum absolute atomic E-state index is 11.8. The Kier molecular flexibility index (Phi) is 8.08. The smallest absolute Gasteiger partial charge is 0.308 e. The van der Waals surface area contributed by atoms with Crippen molar-refractivity contribution in [2.24, 2.45) is 0 Å². The maximum atomic E-state index is 11.8. The number of ether oxygens (including phenoxy) is 4. The number of methoxy groups -OCH3 is 2. The second-order valence-electron chi connectivity index (χ2n) is 6.16. The molecule has 8 heteroatoms. The third-order valence-corrected chi connectivity index (χ3v) is 3.90. The molecule has 0 aliphatic rings. The minimum Gasteiger partial charge on any atom is -0.490 e. The number of amides is 1. The Hall–Kier alpha value is -2.77. The highest BCUT2D eigenvalue weighted by molar-refractivity contribution is 5.78. The van der Waals surface area contributed by atoms with E-state index >= 15 is 0 Å². The number of esters is 2. The van der Waals surface area contributed by atoms with Crippen LogP contribution >= 0.6 is 0 Å². The standard InChI is InChI=1S/C19H27NO7/c1-11-14(9-8-10-15(23)20(4)5)17(27-13(3)22)19(25-7)18(24-6)16(11)26-12(2)21/h8-10H2,1-7H3. The molecule has 27 heavy (non-hydrogen) atoms. The lowest BCUT2D eigenvalue weighted by atomic mass is 9.98. The van der Waals surface area contributed by atoms with Crippen molar-refractivity contribution in [3.8, 4) is 23.0 Å². The number of nitrogens with zero attached hydrogens (tertiary/aromatic N) is 1. The summed E-state index contributed by atoms with van der Waals surface area (Å²) in [5.74, 6) is -0.340. The Bertz CT molecular complexity index is 726. The molecule has 0 bridgehead atoms. The fourth-order valence-electron chi connectivity index (χ4n) is 2.65. The van der Waals surface area contributed by atoms with Gasteiger partial charge in [0.05, 0.1) is 14.2 Å². The van der Waals surface area contributed by atoms with Gasteiger partial charge in [0.15, 0.2) is 11.5 Å². The van der Waals surface area contributed by atoms with Crippen molar-refractivity contribution in [2.75, 3.05) is 28.3 Å². The van der Waals surface area contributed by atoms with Gasteiger partial charge in [-0.05, 0) is 19.8 Å². The molecule has 0 unspecified atom stereocenters. The van der Waals surface area contributed by atoms with Gasteiger partial charge in [0.1, 0.15) is 0 Å². The highest BCUT2D eigenvalue weighted by Gasteiger charge is 2.27. The molecule has 1 rings (SSSR count). The predicted molar refractivity (Wildman–Crippen MR) is 98.5 cm³/mol. The molecule has 0 aliphatic carbocycles. The van der Waals surface area contributed by atoms with Crippen LogP contribution in [0.2, 0.25) is 0 Å². The first-order valence-corrected chi connectivity index (χ1v) is 8.48. The molecule has 0 saturated heterocycles. The summed E-state index contributed by atoms with van der Waals surface area (Å²) < 4.78 is 21.4. The zero-order valence-corrected chi connectivity index (χ0v) is 16.9. The van der Waals surface area contributed by atoms with Crippen LogP contribution in [0.3, 0.4) is 0 Å². The van der Waals surface area contributed by atoms with Crippen LogP contribution in [0.4, 0.5) is 0 Å². The molecule has 0 spiro atoms. The molecule has 0 fully saturated rings. The first-order chi connectivity index (χ1) is 12.6. The summed E-state index contributed by atoms with van der Waals surface area (Å²) in [5, 5.41) is 0. The van der Waals surface area contributed by atoms with Gasteiger partial charge < -0.3 is 23.8 Å². The minimum absolute atomic E-state index is 0.0117. The van der Waals surface area contributed by atoms with Gasteiger partial charge in [0.2, 0.25) is 17.4 Å². The molecule has 0 heterocycles. The lowest BCUT2D eigenvalue weighted by molar-refractivity contribution is -0.133. The van der Waals surface area contributed by atoms with Crippen molar-refractivity contribution in [3.63, 3.8) is 0 Å². The van der Waals surface area contributed by atoms with E-state index in [0.717, 1.165) is 0 Å². The van der Waals surface area contributed by atoms with Gasteiger partial charge in [-0.25, -0.2) is 0 Å². The lowest BCUT2D eigenvalue weighted by Crippen LogP contribution is -2.21. The van der Waals surface area contributed by atoms with E-state index in [0.29, 0.717) is 30.4 Å². The second kappa shape index (κ2) is 9.80. The van der Waals surface area contributed by atoms with Crippen LogP contribution in [0.15, 0.2) is 0 Å². The maximum Gasteiger partial charge on any atom is 0.308 e. The molecule has 1 aromatic carbocycles. The fraction of sp³-hybridized carbons (Fsp3) is 0.526. The monoisotopic (exact) mass is 381 g/mol. The highest BCUT2D eigenvalue weighted by Crippen LogP contribution is 2.50. The minimum atomic E-state index is -0.527. The summed E-state index contributed by atoms with van der Waals surface area (Å²) in [4.78, 5) is 36.5. The van der Waals surface area contributed by atoms with E-state index in [1.807, 2.05) is 0 Å². The number of hydrogen-bond donors (Lipinski definition) is 0. The third-order valence-electron chi connectivity index (χ3n) is 3.90. The van der Waals surface area contributed by atoms with E-state index in [9.17, 15) is 14.4 Å². The van der Waals surface area contributed by atoms with Crippen molar-refractivity contribution in [3.05, 3.63) is 11.1 Å². The lowest BCUT2D eigenvalue weighted by Gasteiger charge is -2.22. The first kappa shape index (κ1) is 22.3. The van der Waals surface area contributed by atoms with Crippen LogP contribution in [0, 0.1) is 6.92 Å². The zero-order chi connectivity index (χ0) is 20.7. The van der Waals surface area contributed by atoms with Gasteiger partial charge in [-0.3, -0.25) is 14.4 Å². The quantitative estimate of drug-likeness (QED) is 0.504. The summed E-state index contributed by atoms with van der Waals surface area (Å²) >= 11 is 0. The average Bonchev–Trinajstić information content (AvgIpc) is 2.58. The van der Waals surface area contributed by atoms with E-state index in [4.69, 9.17) is 18.9 Å². The molecule has 0 aromatic heterocycles. The van der Waals surface area contributed by atoms with Gasteiger partial charge in [-0.15, -0.1) is 0 Å². The van der Waals surface area contributed by atoms with E-state index in [2.05, 4.69) is 0 Å². The molecule has 1 amide bonds. The van der Waals surface area contributed by atoms with E-state index in [1.54, 1.807) is 21.0 Å². The summed E-state index contributed by atoms with van der Waals surface area (Å²) in [7, 11) is 6.18. The predicted octanol–water partition coefficient (Wildman–Crippen LogP) is 2.27. The summed E-state index contributed by atoms with van der Waals surface area (Å²) in [6, 6.07) is 0. The fourth-order valence-corrected chi connectivity index (χ4v) is 2.65. The molecule has 0 atom stereocenters. The van der Waals surface area contributed by atoms with Crippen LogP contribution in [-0.2, 0) is 20.8 Å². The van der Waals surface area contributed by atoms with Gasteiger partial charge in [-0.2, -0.15) is 0 Å². The van der Waals surface area contributed by atoms with Crippen LogP contribution in [0.1, 0.15) is 37.8 Å². The molecular weight excluding hydrogens is 354 g/mol. The Balaban J connectivity index is 3.48. The largest absolute Gasteiger partial charge is 0.490 e. The van der Waals surface area contributed by atoms with Crippen LogP contribution < -0.4 is 18.9 Å². The molecule has 0 saturated carbocycles. The first-order valence-electron chi connectivity index (χ1n) is 8.48. The van der Waals surface area contributed by atoms with Crippen LogP contribution in [-0.4, -0.2) is 51.1 Å². The molecule has 8 nitrogen and oxygen atoms in total. The molecule has 0 radical (unpaired) electrons. The van der Waals surface area contributed by atoms with E-state index < -0.39 is 11.9 Å². The number of carbonyl (C=O) groups is 3. The second-order valence-corrected chi connectivity index (χ2v) is 6.16. The Morgan fingerprint density at radius 2 is 1.33 bits per heavy atom. The SMILES string of the molecule is COc1c(OC(C)=O)c(C)c(CCCC(=O)N(C)C)c(OC(C)=O)c1OC. The van der Waals surface area contributed by atoms with Gasteiger partial charge in [0, 0.05) is 45.5 Å².